The van der Waals surface area contributed by atoms with E-state index >= 15 is 0 Å². The maximum absolute atomic E-state index is 12.9. The molecule has 3 heteroatoms. The summed E-state index contributed by atoms with van der Waals surface area (Å²) in [5.41, 5.74) is 4.13. The minimum atomic E-state index is 0.235. The lowest BCUT2D eigenvalue weighted by atomic mass is 9.94. The standard InChI is InChI=1S/C21H28N2O/c1-16-14-20(17(2)23(16)19-12-8-5-9-13-19)21(24)15-22(3)18-10-6-4-7-11-18/h5,8-9,12-14,18H,4,6-7,10-11,15H2,1-3H3. The number of carbonyl (C=O) groups is 1. The molecule has 1 heterocycles. The summed E-state index contributed by atoms with van der Waals surface area (Å²) in [5.74, 6) is 0.235. The van der Waals surface area contributed by atoms with Crippen molar-refractivity contribution in [2.45, 2.75) is 52.0 Å². The van der Waals surface area contributed by atoms with Gasteiger partial charge in [-0.1, -0.05) is 37.5 Å². The number of aromatic nitrogens is 1. The van der Waals surface area contributed by atoms with Gasteiger partial charge in [0.2, 0.25) is 0 Å². The van der Waals surface area contributed by atoms with E-state index in [-0.39, 0.29) is 5.78 Å². The predicted molar refractivity (Wildman–Crippen MR) is 99.1 cm³/mol. The zero-order valence-electron chi connectivity index (χ0n) is 15.1. The van der Waals surface area contributed by atoms with Crippen molar-refractivity contribution in [3.8, 4) is 5.69 Å². The summed E-state index contributed by atoms with van der Waals surface area (Å²) in [5, 5.41) is 0. The van der Waals surface area contributed by atoms with Gasteiger partial charge in [0.25, 0.3) is 0 Å². The van der Waals surface area contributed by atoms with Crippen molar-refractivity contribution in [2.24, 2.45) is 0 Å². The van der Waals surface area contributed by atoms with Crippen molar-refractivity contribution in [3.05, 3.63) is 53.3 Å². The Morgan fingerprint density at radius 2 is 1.79 bits per heavy atom. The zero-order valence-corrected chi connectivity index (χ0v) is 15.1. The Labute approximate surface area is 145 Å². The fraction of sp³-hybridized carbons (Fsp3) is 0.476. The summed E-state index contributed by atoms with van der Waals surface area (Å²) in [7, 11) is 2.10. The molecule has 0 bridgehead atoms. The number of hydrogen-bond acceptors (Lipinski definition) is 2. The molecular formula is C21H28N2O. The number of Topliss-reactive ketones (excluding diaryl/α,β-unsaturated/α-hetero) is 1. The first kappa shape index (κ1) is 17.0. The van der Waals surface area contributed by atoms with Crippen molar-refractivity contribution in [2.75, 3.05) is 13.6 Å². The smallest absolute Gasteiger partial charge is 0.178 e. The molecule has 1 fully saturated rings. The number of rotatable bonds is 5. The van der Waals surface area contributed by atoms with E-state index < -0.39 is 0 Å². The van der Waals surface area contributed by atoms with Gasteiger partial charge in [0.15, 0.2) is 5.78 Å². The highest BCUT2D eigenvalue weighted by molar-refractivity contribution is 5.99. The van der Waals surface area contributed by atoms with Gasteiger partial charge in [-0.25, -0.2) is 0 Å². The maximum atomic E-state index is 12.9. The molecular weight excluding hydrogens is 296 g/mol. The van der Waals surface area contributed by atoms with Crippen molar-refractivity contribution in [1.29, 1.82) is 0 Å². The van der Waals surface area contributed by atoms with Crippen LogP contribution < -0.4 is 0 Å². The second-order valence-corrected chi connectivity index (χ2v) is 7.09. The summed E-state index contributed by atoms with van der Waals surface area (Å²) >= 11 is 0. The highest BCUT2D eigenvalue weighted by Crippen LogP contribution is 2.24. The molecule has 0 atom stereocenters. The summed E-state index contributed by atoms with van der Waals surface area (Å²) in [6.07, 6.45) is 6.40. The van der Waals surface area contributed by atoms with E-state index in [9.17, 15) is 4.79 Å². The van der Waals surface area contributed by atoms with E-state index in [1.807, 2.05) is 31.2 Å². The minimum Gasteiger partial charge on any atom is -0.318 e. The van der Waals surface area contributed by atoms with Crippen LogP contribution in [0.15, 0.2) is 36.4 Å². The number of ketones is 1. The molecule has 0 saturated heterocycles. The van der Waals surface area contributed by atoms with E-state index in [4.69, 9.17) is 0 Å². The summed E-state index contributed by atoms with van der Waals surface area (Å²) < 4.78 is 2.17. The molecule has 0 spiro atoms. The van der Waals surface area contributed by atoms with Crippen LogP contribution in [0.3, 0.4) is 0 Å². The van der Waals surface area contributed by atoms with E-state index in [1.54, 1.807) is 0 Å². The Balaban J connectivity index is 1.78. The molecule has 0 N–H and O–H groups in total. The number of para-hydroxylation sites is 1. The largest absolute Gasteiger partial charge is 0.318 e. The third-order valence-corrected chi connectivity index (χ3v) is 5.34. The molecule has 0 radical (unpaired) electrons. The monoisotopic (exact) mass is 324 g/mol. The second kappa shape index (κ2) is 7.35. The topological polar surface area (TPSA) is 25.2 Å². The molecule has 3 rings (SSSR count). The maximum Gasteiger partial charge on any atom is 0.178 e. The van der Waals surface area contributed by atoms with E-state index in [2.05, 4.69) is 35.6 Å². The quantitative estimate of drug-likeness (QED) is 0.754. The van der Waals surface area contributed by atoms with Crippen molar-refractivity contribution in [3.63, 3.8) is 0 Å². The zero-order chi connectivity index (χ0) is 17.1. The van der Waals surface area contributed by atoms with Crippen LogP contribution >= 0.6 is 0 Å². The summed E-state index contributed by atoms with van der Waals surface area (Å²) in [6, 6.07) is 12.9. The number of benzene rings is 1. The van der Waals surface area contributed by atoms with Crippen molar-refractivity contribution in [1.82, 2.24) is 9.47 Å². The van der Waals surface area contributed by atoms with E-state index in [0.717, 1.165) is 22.6 Å². The Hall–Kier alpha value is -1.87. The third kappa shape index (κ3) is 3.46. The lowest BCUT2D eigenvalue weighted by Gasteiger charge is -2.30. The molecule has 0 aliphatic heterocycles. The van der Waals surface area contributed by atoms with Crippen LogP contribution in [0.2, 0.25) is 0 Å². The van der Waals surface area contributed by atoms with Crippen LogP contribution in [0.4, 0.5) is 0 Å². The average molecular weight is 324 g/mol. The Morgan fingerprint density at radius 3 is 2.46 bits per heavy atom. The Morgan fingerprint density at radius 1 is 1.12 bits per heavy atom. The van der Waals surface area contributed by atoms with Crippen LogP contribution in [0.25, 0.3) is 5.69 Å². The molecule has 1 aliphatic rings. The van der Waals surface area contributed by atoms with Crippen LogP contribution in [-0.4, -0.2) is 34.9 Å². The summed E-state index contributed by atoms with van der Waals surface area (Å²) in [4.78, 5) is 15.1. The van der Waals surface area contributed by atoms with Gasteiger partial charge in [-0.2, -0.15) is 0 Å². The molecule has 24 heavy (non-hydrogen) atoms. The molecule has 1 aromatic heterocycles. The molecule has 1 aromatic carbocycles. The number of nitrogens with zero attached hydrogens (tertiary/aromatic N) is 2. The fourth-order valence-electron chi connectivity index (χ4n) is 3.98. The Kier molecular flexibility index (Phi) is 5.20. The van der Waals surface area contributed by atoms with Gasteiger partial charge in [-0.3, -0.25) is 9.69 Å². The number of hydrogen-bond donors (Lipinski definition) is 0. The number of likely N-dealkylation sites (N-methyl/N-ethyl adjacent to an activating group) is 1. The highest BCUT2D eigenvalue weighted by atomic mass is 16.1. The van der Waals surface area contributed by atoms with E-state index in [0.29, 0.717) is 12.6 Å². The summed E-state index contributed by atoms with van der Waals surface area (Å²) in [6.45, 7) is 4.64. The molecule has 2 aromatic rings. The second-order valence-electron chi connectivity index (χ2n) is 7.09. The van der Waals surface area contributed by atoms with Gasteiger partial charge in [0, 0.05) is 28.7 Å². The van der Waals surface area contributed by atoms with Crippen molar-refractivity contribution >= 4 is 5.78 Å². The van der Waals surface area contributed by atoms with Crippen LogP contribution in [0.1, 0.15) is 53.8 Å². The van der Waals surface area contributed by atoms with Gasteiger partial charge in [-0.15, -0.1) is 0 Å². The van der Waals surface area contributed by atoms with E-state index in [1.165, 1.54) is 32.1 Å². The molecule has 3 nitrogen and oxygen atoms in total. The first-order chi connectivity index (χ1) is 11.6. The first-order valence-electron chi connectivity index (χ1n) is 9.05. The average Bonchev–Trinajstić information content (AvgIpc) is 2.91. The highest BCUT2D eigenvalue weighted by Gasteiger charge is 2.22. The SMILES string of the molecule is Cc1cc(C(=O)CN(C)C2CCCCC2)c(C)n1-c1ccccc1. The van der Waals surface area contributed by atoms with Gasteiger partial charge in [0.1, 0.15) is 0 Å². The van der Waals surface area contributed by atoms with Gasteiger partial charge >= 0.3 is 0 Å². The normalized spacial score (nSPS) is 15.8. The predicted octanol–water partition coefficient (Wildman–Crippen LogP) is 4.54. The molecule has 128 valence electrons. The van der Waals surface area contributed by atoms with Crippen LogP contribution in [-0.2, 0) is 0 Å². The van der Waals surface area contributed by atoms with Gasteiger partial charge < -0.3 is 4.57 Å². The first-order valence-corrected chi connectivity index (χ1v) is 9.05. The lowest BCUT2D eigenvalue weighted by Crippen LogP contribution is -2.37. The molecule has 0 amide bonds. The van der Waals surface area contributed by atoms with Crippen molar-refractivity contribution < 1.29 is 4.79 Å². The molecule has 1 aliphatic carbocycles. The number of carbonyl (C=O) groups excluding carboxylic acids is 1. The molecule has 0 unspecified atom stereocenters. The minimum absolute atomic E-state index is 0.235. The fourth-order valence-corrected chi connectivity index (χ4v) is 3.98. The molecule has 1 saturated carbocycles. The van der Waals surface area contributed by atoms with Crippen LogP contribution in [0.5, 0.6) is 0 Å². The van der Waals surface area contributed by atoms with Gasteiger partial charge in [-0.05, 0) is 51.9 Å². The van der Waals surface area contributed by atoms with Crippen LogP contribution in [0, 0.1) is 13.8 Å². The lowest BCUT2D eigenvalue weighted by molar-refractivity contribution is 0.0899. The van der Waals surface area contributed by atoms with Gasteiger partial charge in [0.05, 0.1) is 6.54 Å². The third-order valence-electron chi connectivity index (χ3n) is 5.34. The Bertz CT molecular complexity index is 696. The number of aryl methyl sites for hydroxylation is 1.